The van der Waals surface area contributed by atoms with Crippen LogP contribution in [0.25, 0.3) is 0 Å². The van der Waals surface area contributed by atoms with Crippen LogP contribution in [0.15, 0.2) is 36.5 Å². The quantitative estimate of drug-likeness (QED) is 0.0217. The molecule has 0 spiro atoms. The van der Waals surface area contributed by atoms with Crippen LogP contribution >= 0.6 is 7.82 Å². The molecule has 0 heterocycles. The Hall–Kier alpha value is -1.28. The normalized spacial score (nSPS) is 14.1. The Morgan fingerprint density at radius 3 is 1.52 bits per heavy atom. The van der Waals surface area contributed by atoms with Gasteiger partial charge < -0.3 is 18.9 Å². The highest BCUT2D eigenvalue weighted by molar-refractivity contribution is 7.47. The number of unbranched alkanes of at least 4 members (excludes halogenated alkanes) is 21. The zero-order valence-electron chi connectivity index (χ0n) is 36.0. The van der Waals surface area contributed by atoms with Crippen LogP contribution in [0.1, 0.15) is 187 Å². The van der Waals surface area contributed by atoms with Crippen molar-refractivity contribution < 1.29 is 37.3 Å². The first-order valence-electron chi connectivity index (χ1n) is 22.2. The van der Waals surface area contributed by atoms with E-state index in [-0.39, 0.29) is 25.8 Å². The van der Waals surface area contributed by atoms with Crippen molar-refractivity contribution in [2.45, 2.75) is 193 Å². The topological polar surface area (TPSA) is 91.3 Å². The highest BCUT2D eigenvalue weighted by Gasteiger charge is 2.26. The molecule has 1 N–H and O–H groups in total. The van der Waals surface area contributed by atoms with Crippen molar-refractivity contribution >= 4 is 13.8 Å². The summed E-state index contributed by atoms with van der Waals surface area (Å²) in [4.78, 5) is 22.8. The van der Waals surface area contributed by atoms with Crippen LogP contribution in [-0.2, 0) is 27.9 Å². The Morgan fingerprint density at radius 1 is 0.574 bits per heavy atom. The van der Waals surface area contributed by atoms with Gasteiger partial charge in [0, 0.05) is 13.0 Å². The van der Waals surface area contributed by atoms with Crippen LogP contribution in [0.3, 0.4) is 0 Å². The number of phosphoric acid groups is 1. The molecule has 0 radical (unpaired) electrons. The van der Waals surface area contributed by atoms with E-state index >= 15 is 0 Å². The molecule has 8 nitrogen and oxygen atoms in total. The third kappa shape index (κ3) is 41.9. The number of esters is 1. The SMILES string of the molecule is CCCCCCC/C=C\C/C=C\C/C=C\CCCCCCCCCCC(=O)OC(COCCCCCCCCCCC)COP(=O)(O)OCC[N+](C)(C)C. The van der Waals surface area contributed by atoms with Crippen molar-refractivity contribution in [3.63, 3.8) is 0 Å². The fraction of sp³-hybridized carbons (Fsp3) is 0.844. The van der Waals surface area contributed by atoms with Crippen molar-refractivity contribution in [2.75, 3.05) is 54.1 Å². The Balaban J connectivity index is 4.13. The molecule has 0 bridgehead atoms. The lowest BCUT2D eigenvalue weighted by Crippen LogP contribution is -2.37. The highest BCUT2D eigenvalue weighted by atomic mass is 31.2. The van der Waals surface area contributed by atoms with Crippen molar-refractivity contribution in [1.29, 1.82) is 0 Å². The molecule has 54 heavy (non-hydrogen) atoms. The summed E-state index contributed by atoms with van der Waals surface area (Å²) in [5.74, 6) is -0.321. The lowest BCUT2D eigenvalue weighted by atomic mass is 10.1. The molecule has 0 aromatic rings. The van der Waals surface area contributed by atoms with Crippen LogP contribution in [-0.4, -0.2) is 75.6 Å². The summed E-state index contributed by atoms with van der Waals surface area (Å²) in [5.41, 5.74) is 0. The second-order valence-corrected chi connectivity index (χ2v) is 17.5. The number of ether oxygens (including phenoxy) is 2. The first-order valence-corrected chi connectivity index (χ1v) is 23.7. The van der Waals surface area contributed by atoms with Gasteiger partial charge in [0.15, 0.2) is 0 Å². The van der Waals surface area contributed by atoms with Crippen molar-refractivity contribution in [3.05, 3.63) is 36.5 Å². The molecule has 0 saturated carbocycles. The molecule has 9 heteroatoms. The number of likely N-dealkylation sites (N-methyl/N-ethyl adjacent to an activating group) is 1. The number of carbonyl (C=O) groups excluding carboxylic acids is 1. The first kappa shape index (κ1) is 52.7. The highest BCUT2D eigenvalue weighted by Crippen LogP contribution is 2.43. The Morgan fingerprint density at radius 2 is 1.02 bits per heavy atom. The minimum atomic E-state index is -4.27. The van der Waals surface area contributed by atoms with Crippen molar-refractivity contribution in [2.24, 2.45) is 0 Å². The molecule has 0 amide bonds. The van der Waals surface area contributed by atoms with Crippen molar-refractivity contribution in [3.8, 4) is 0 Å². The van der Waals surface area contributed by atoms with Crippen LogP contribution in [0.5, 0.6) is 0 Å². The minimum Gasteiger partial charge on any atom is -0.457 e. The van der Waals surface area contributed by atoms with Crippen molar-refractivity contribution in [1.82, 2.24) is 0 Å². The average Bonchev–Trinajstić information content (AvgIpc) is 3.12. The summed E-state index contributed by atoms with van der Waals surface area (Å²) in [6.07, 6.45) is 44.6. The van der Waals surface area contributed by atoms with Crippen LogP contribution in [0, 0.1) is 0 Å². The van der Waals surface area contributed by atoms with Gasteiger partial charge in [-0.2, -0.15) is 0 Å². The van der Waals surface area contributed by atoms with Gasteiger partial charge in [-0.05, 0) is 51.4 Å². The van der Waals surface area contributed by atoms with Gasteiger partial charge in [-0.3, -0.25) is 13.8 Å². The van der Waals surface area contributed by atoms with Crippen LogP contribution in [0.4, 0.5) is 0 Å². The fourth-order valence-corrected chi connectivity index (χ4v) is 6.71. The molecule has 0 aliphatic rings. The molecule has 0 rings (SSSR count). The second kappa shape index (κ2) is 38.6. The van der Waals surface area contributed by atoms with E-state index in [1.807, 2.05) is 21.1 Å². The molecule has 0 aromatic heterocycles. The molecule has 0 fully saturated rings. The molecule has 0 aromatic carbocycles. The monoisotopic (exact) mass is 785 g/mol. The summed E-state index contributed by atoms with van der Waals surface area (Å²) >= 11 is 0. The molecule has 0 aliphatic heterocycles. The van der Waals surface area contributed by atoms with Gasteiger partial charge in [-0.15, -0.1) is 0 Å². The Labute approximate surface area is 334 Å². The predicted molar refractivity (Wildman–Crippen MR) is 229 cm³/mol. The van der Waals surface area contributed by atoms with E-state index in [0.717, 1.165) is 51.4 Å². The molecule has 0 aliphatic carbocycles. The third-order valence-electron chi connectivity index (χ3n) is 9.45. The van der Waals surface area contributed by atoms with Crippen LogP contribution < -0.4 is 0 Å². The van der Waals surface area contributed by atoms with Gasteiger partial charge in [-0.25, -0.2) is 4.57 Å². The summed E-state index contributed by atoms with van der Waals surface area (Å²) in [5, 5.41) is 0. The average molecular weight is 785 g/mol. The van der Waals surface area contributed by atoms with Gasteiger partial charge in [0.1, 0.15) is 19.3 Å². The minimum absolute atomic E-state index is 0.0875. The number of rotatable bonds is 41. The number of nitrogens with zero attached hydrogens (tertiary/aromatic N) is 1. The number of carbonyl (C=O) groups is 1. The lowest BCUT2D eigenvalue weighted by Gasteiger charge is -2.24. The first-order chi connectivity index (χ1) is 26.1. The molecular weight excluding hydrogens is 697 g/mol. The summed E-state index contributed by atoms with van der Waals surface area (Å²) in [6, 6.07) is 0. The summed E-state index contributed by atoms with van der Waals surface area (Å²) in [6.45, 7) is 5.60. The standard InChI is InChI=1S/C45H86NO7P/c1-6-8-10-12-14-16-17-18-19-20-21-22-23-24-25-26-27-28-29-30-32-34-36-38-45(47)53-44(43-52-54(48,49)51-41-39-46(3,4)5)42-50-40-37-35-33-31-15-13-11-9-7-2/h17-18,20-21,23-24,44H,6-16,19,22,25-43H2,1-5H3/p+1/b18-17-,21-20-,24-23-. The van der Waals surface area contributed by atoms with E-state index in [2.05, 4.69) is 50.3 Å². The molecule has 0 saturated heterocycles. The van der Waals surface area contributed by atoms with E-state index in [1.54, 1.807) is 0 Å². The third-order valence-corrected chi connectivity index (χ3v) is 10.4. The van der Waals surface area contributed by atoms with Gasteiger partial charge >= 0.3 is 13.8 Å². The zero-order valence-corrected chi connectivity index (χ0v) is 36.9. The molecule has 318 valence electrons. The maximum atomic E-state index is 12.7. The van der Waals surface area contributed by atoms with Crippen LogP contribution in [0.2, 0.25) is 0 Å². The van der Waals surface area contributed by atoms with Gasteiger partial charge in [0.25, 0.3) is 0 Å². The van der Waals surface area contributed by atoms with E-state index in [9.17, 15) is 14.3 Å². The number of quaternary nitrogens is 1. The van der Waals surface area contributed by atoms with E-state index in [4.69, 9.17) is 18.5 Å². The lowest BCUT2D eigenvalue weighted by molar-refractivity contribution is -0.870. The van der Waals surface area contributed by atoms with Gasteiger partial charge in [0.05, 0.1) is 34.4 Å². The number of hydrogen-bond donors (Lipinski definition) is 1. The van der Waals surface area contributed by atoms with E-state index in [0.29, 0.717) is 24.1 Å². The molecular formula is C45H87NO7P+. The molecule has 2 unspecified atom stereocenters. The van der Waals surface area contributed by atoms with Gasteiger partial charge in [-0.1, -0.05) is 166 Å². The zero-order chi connectivity index (χ0) is 39.9. The largest absolute Gasteiger partial charge is 0.472 e. The molecule has 2 atom stereocenters. The maximum Gasteiger partial charge on any atom is 0.472 e. The fourth-order valence-electron chi connectivity index (χ4n) is 5.97. The Bertz CT molecular complexity index is 962. The maximum absolute atomic E-state index is 12.7. The Kier molecular flexibility index (Phi) is 37.7. The number of allylic oxidation sites excluding steroid dienone is 6. The summed E-state index contributed by atoms with van der Waals surface area (Å²) < 4.78 is 34.9. The number of phosphoric ester groups is 1. The second-order valence-electron chi connectivity index (χ2n) is 16.1. The smallest absolute Gasteiger partial charge is 0.457 e. The van der Waals surface area contributed by atoms with E-state index < -0.39 is 13.9 Å². The predicted octanol–water partition coefficient (Wildman–Crippen LogP) is 13.0. The summed E-state index contributed by atoms with van der Waals surface area (Å²) in [7, 11) is 1.66. The number of hydrogen-bond acceptors (Lipinski definition) is 6. The van der Waals surface area contributed by atoms with Gasteiger partial charge in [0.2, 0.25) is 0 Å². The van der Waals surface area contributed by atoms with E-state index in [1.165, 1.54) is 116 Å².